The van der Waals surface area contributed by atoms with Gasteiger partial charge in [-0.15, -0.1) is 0 Å². The van der Waals surface area contributed by atoms with Crippen LogP contribution in [0.5, 0.6) is 11.8 Å². The largest absolute Gasteiger partial charge is 0.479 e. The molecule has 96 valence electrons. The van der Waals surface area contributed by atoms with Gasteiger partial charge in [0.1, 0.15) is 0 Å². The Balaban J connectivity index is 3.19. The van der Waals surface area contributed by atoms with Crippen LogP contribution < -0.4 is 9.47 Å². The highest BCUT2D eigenvalue weighted by atomic mass is 32.2. The summed E-state index contributed by atoms with van der Waals surface area (Å²) < 4.78 is 51.9. The summed E-state index contributed by atoms with van der Waals surface area (Å²) >= 11 is -1.64. The summed E-state index contributed by atoms with van der Waals surface area (Å²) in [4.78, 5) is 3.47. The van der Waals surface area contributed by atoms with Gasteiger partial charge in [0.15, 0.2) is 22.7 Å². The molecule has 0 aliphatic heterocycles. The summed E-state index contributed by atoms with van der Waals surface area (Å²) in [6, 6.07) is 0. The second-order valence-electron chi connectivity index (χ2n) is 2.90. The van der Waals surface area contributed by atoms with Crippen LogP contribution in [0, 0.1) is 11.6 Å². The molecular weight excluding hydrogens is 256 g/mol. The number of methoxy groups -OCH3 is 2. The smallest absolute Gasteiger partial charge is 0.254 e. The number of rotatable bonds is 5. The lowest BCUT2D eigenvalue weighted by molar-refractivity contribution is 0.292. The van der Waals surface area contributed by atoms with Crippen LogP contribution >= 0.6 is 0 Å². The molecule has 0 N–H and O–H groups in total. The average Bonchev–Trinajstić information content (AvgIpc) is 2.29. The Morgan fingerprint density at radius 1 is 1.18 bits per heavy atom. The Kier molecular flexibility index (Phi) is 4.76. The quantitative estimate of drug-likeness (QED) is 0.802. The van der Waals surface area contributed by atoms with Crippen molar-refractivity contribution in [1.82, 2.24) is 4.98 Å². The minimum Gasteiger partial charge on any atom is -0.479 e. The van der Waals surface area contributed by atoms with Crippen LogP contribution in [0.3, 0.4) is 0 Å². The van der Waals surface area contributed by atoms with Crippen LogP contribution in [0.15, 0.2) is 0 Å². The molecule has 0 fully saturated rings. The van der Waals surface area contributed by atoms with Crippen molar-refractivity contribution >= 4 is 11.1 Å². The molecule has 5 nitrogen and oxygen atoms in total. The van der Waals surface area contributed by atoms with Gasteiger partial charge in [-0.2, -0.15) is 4.98 Å². The second-order valence-corrected chi connectivity index (χ2v) is 3.94. The lowest BCUT2D eigenvalue weighted by atomic mass is 10.2. The zero-order valence-corrected chi connectivity index (χ0v) is 10.3. The summed E-state index contributed by atoms with van der Waals surface area (Å²) in [5.41, 5.74) is -0.441. The second kappa shape index (κ2) is 5.87. The van der Waals surface area contributed by atoms with E-state index >= 15 is 0 Å². The van der Waals surface area contributed by atoms with Gasteiger partial charge >= 0.3 is 0 Å². The number of ether oxygens (including phenoxy) is 2. The molecule has 1 heterocycles. The van der Waals surface area contributed by atoms with Gasteiger partial charge in [-0.3, -0.25) is 4.18 Å². The van der Waals surface area contributed by atoms with E-state index < -0.39 is 46.6 Å². The molecule has 1 aromatic heterocycles. The van der Waals surface area contributed by atoms with Crippen LogP contribution in [0.4, 0.5) is 8.78 Å². The third kappa shape index (κ3) is 3.10. The topological polar surface area (TPSA) is 57.6 Å². The third-order valence-corrected chi connectivity index (χ3v) is 2.31. The number of hydrogen-bond acceptors (Lipinski definition) is 5. The van der Waals surface area contributed by atoms with Gasteiger partial charge in [0.25, 0.3) is 11.8 Å². The average molecular weight is 267 g/mol. The van der Waals surface area contributed by atoms with Crippen LogP contribution in [0.2, 0.25) is 0 Å². The molecule has 17 heavy (non-hydrogen) atoms. The summed E-state index contributed by atoms with van der Waals surface area (Å²) in [7, 11) is 2.37. The van der Waals surface area contributed by atoms with Crippen LogP contribution in [-0.4, -0.2) is 29.7 Å². The van der Waals surface area contributed by atoms with Crippen LogP contribution in [0.1, 0.15) is 5.56 Å². The fourth-order valence-electron chi connectivity index (χ4n) is 1.08. The van der Waals surface area contributed by atoms with E-state index in [-0.39, 0.29) is 0 Å². The van der Waals surface area contributed by atoms with E-state index in [1.165, 1.54) is 20.5 Å². The summed E-state index contributed by atoms with van der Waals surface area (Å²) in [5, 5.41) is 0. The Morgan fingerprint density at radius 2 is 1.65 bits per heavy atom. The predicted octanol–water partition coefficient (Wildman–Crippen LogP) is 1.19. The molecule has 8 heteroatoms. The molecule has 0 saturated heterocycles. The Bertz CT molecular complexity index is 413. The van der Waals surface area contributed by atoms with Crippen molar-refractivity contribution in [1.29, 1.82) is 0 Å². The molecule has 1 rings (SSSR count). The number of nitrogens with zero attached hydrogens (tertiary/aromatic N) is 1. The molecule has 0 spiro atoms. The molecule has 0 bridgehead atoms. The summed E-state index contributed by atoms with van der Waals surface area (Å²) in [6.45, 7) is -0.504. The Morgan fingerprint density at radius 3 is 2.00 bits per heavy atom. The van der Waals surface area contributed by atoms with Crippen molar-refractivity contribution in [2.24, 2.45) is 0 Å². The van der Waals surface area contributed by atoms with Crippen LogP contribution in [-0.2, 0) is 21.9 Å². The molecule has 1 unspecified atom stereocenters. The van der Waals surface area contributed by atoms with E-state index in [0.717, 1.165) is 0 Å². The highest BCUT2D eigenvalue weighted by molar-refractivity contribution is 7.79. The first-order chi connectivity index (χ1) is 8.01. The first-order valence-corrected chi connectivity index (χ1v) is 5.92. The fourth-order valence-corrected chi connectivity index (χ4v) is 1.37. The van der Waals surface area contributed by atoms with Crippen LogP contribution in [0.25, 0.3) is 0 Å². The van der Waals surface area contributed by atoms with Gasteiger partial charge in [-0.25, -0.2) is 13.0 Å². The Labute approximate surface area is 99.4 Å². The molecule has 0 saturated carbocycles. The molecule has 0 aliphatic carbocycles. The molecule has 0 aliphatic rings. The van der Waals surface area contributed by atoms with E-state index in [9.17, 15) is 13.0 Å². The predicted molar refractivity (Wildman–Crippen MR) is 56.1 cm³/mol. The first kappa shape index (κ1) is 13.8. The molecule has 0 amide bonds. The van der Waals surface area contributed by atoms with Gasteiger partial charge in [-0.05, 0) is 0 Å². The Hall–Kier alpha value is -1.28. The number of aromatic nitrogens is 1. The van der Waals surface area contributed by atoms with Gasteiger partial charge in [0.05, 0.1) is 26.4 Å². The van der Waals surface area contributed by atoms with Crippen molar-refractivity contribution in [3.63, 3.8) is 0 Å². The van der Waals surface area contributed by atoms with Gasteiger partial charge in [0, 0.05) is 6.26 Å². The van der Waals surface area contributed by atoms with Gasteiger partial charge in [0.2, 0.25) is 0 Å². The highest BCUT2D eigenvalue weighted by Gasteiger charge is 2.22. The SMILES string of the molecule is COc1nc(OC)c(F)c(COS(C)=O)c1F. The van der Waals surface area contributed by atoms with E-state index in [4.69, 9.17) is 0 Å². The molecule has 1 atom stereocenters. The van der Waals surface area contributed by atoms with E-state index in [1.54, 1.807) is 0 Å². The van der Waals surface area contributed by atoms with E-state index in [1.807, 2.05) is 0 Å². The summed E-state index contributed by atoms with van der Waals surface area (Å²) in [5.74, 6) is -2.83. The maximum atomic E-state index is 13.6. The minimum absolute atomic E-state index is 0.413. The minimum atomic E-state index is -1.64. The van der Waals surface area contributed by atoms with E-state index in [2.05, 4.69) is 18.6 Å². The number of hydrogen-bond donors (Lipinski definition) is 0. The molecule has 0 aromatic carbocycles. The van der Waals surface area contributed by atoms with Crippen molar-refractivity contribution in [2.75, 3.05) is 20.5 Å². The first-order valence-electron chi connectivity index (χ1n) is 4.43. The van der Waals surface area contributed by atoms with E-state index in [0.29, 0.717) is 0 Å². The zero-order chi connectivity index (χ0) is 13.0. The third-order valence-electron chi connectivity index (χ3n) is 1.86. The normalized spacial score (nSPS) is 12.3. The van der Waals surface area contributed by atoms with Gasteiger partial charge < -0.3 is 9.47 Å². The lowest BCUT2D eigenvalue weighted by Gasteiger charge is -2.10. The monoisotopic (exact) mass is 267 g/mol. The highest BCUT2D eigenvalue weighted by Crippen LogP contribution is 2.27. The lowest BCUT2D eigenvalue weighted by Crippen LogP contribution is -2.07. The fraction of sp³-hybridized carbons (Fsp3) is 0.444. The van der Waals surface area contributed by atoms with Crippen molar-refractivity contribution in [2.45, 2.75) is 6.61 Å². The maximum absolute atomic E-state index is 13.6. The zero-order valence-electron chi connectivity index (χ0n) is 9.45. The number of pyridine rings is 1. The van der Waals surface area contributed by atoms with Crippen molar-refractivity contribution in [3.8, 4) is 11.8 Å². The standard InChI is InChI=1S/C9H11F2NO4S/c1-14-8-6(10)5(4-16-17(3)13)7(11)9(12-8)15-2/h4H2,1-3H3. The van der Waals surface area contributed by atoms with Gasteiger partial charge in [-0.1, -0.05) is 0 Å². The number of halogens is 2. The van der Waals surface area contributed by atoms with Crippen molar-refractivity contribution in [3.05, 3.63) is 17.2 Å². The maximum Gasteiger partial charge on any atom is 0.254 e. The summed E-state index contributed by atoms with van der Waals surface area (Å²) in [6.07, 6.45) is 1.24. The molecule has 1 aromatic rings. The molecular formula is C9H11F2NO4S. The van der Waals surface area contributed by atoms with Crippen molar-refractivity contribution < 1.29 is 26.6 Å². The molecule has 0 radical (unpaired) electrons.